The Kier molecular flexibility index (Phi) is 8.35. The number of nitrogens with two attached hydrogens (primary N) is 1. The summed E-state index contributed by atoms with van der Waals surface area (Å²) in [6.45, 7) is 1.92. The van der Waals surface area contributed by atoms with Gasteiger partial charge in [-0.3, -0.25) is 4.79 Å². The molecule has 4 nitrogen and oxygen atoms in total. The Morgan fingerprint density at radius 1 is 1.00 bits per heavy atom. The monoisotopic (exact) mass is 386 g/mol. The van der Waals surface area contributed by atoms with Crippen molar-refractivity contribution >= 4 is 5.91 Å². The molecule has 28 heavy (non-hydrogen) atoms. The van der Waals surface area contributed by atoms with E-state index in [2.05, 4.69) is 17.4 Å². The molecular formula is C24H38N2O2. The lowest BCUT2D eigenvalue weighted by molar-refractivity contribution is 0.0824. The summed E-state index contributed by atoms with van der Waals surface area (Å²) in [5.74, 6) is 0.772. The minimum Gasteiger partial charge on any atom is -0.381 e. The smallest absolute Gasteiger partial charge is 0.252 e. The van der Waals surface area contributed by atoms with E-state index in [-0.39, 0.29) is 5.91 Å². The standard InChI is InChI=1S/C24H38N2O2/c25-24(16-17-24)26-23(27)22-14-12-20(13-15-22)9-5-2-1-3-8-18-28-19-21-10-6-4-7-11-21/h12-15,21H,1-11,16-19,25H2,(H,26,27). The molecule has 0 atom stereocenters. The first-order chi connectivity index (χ1) is 13.6. The number of hydrogen-bond acceptors (Lipinski definition) is 3. The van der Waals surface area contributed by atoms with Crippen molar-refractivity contribution in [2.75, 3.05) is 13.2 Å². The summed E-state index contributed by atoms with van der Waals surface area (Å²) in [7, 11) is 0. The van der Waals surface area contributed by atoms with Crippen molar-refractivity contribution in [2.45, 2.75) is 89.1 Å². The summed E-state index contributed by atoms with van der Waals surface area (Å²) in [5.41, 5.74) is 7.50. The third kappa shape index (κ3) is 7.56. The lowest BCUT2D eigenvalue weighted by atomic mass is 9.90. The normalized spacial score (nSPS) is 18.8. The van der Waals surface area contributed by atoms with Crippen molar-refractivity contribution in [2.24, 2.45) is 11.7 Å². The van der Waals surface area contributed by atoms with E-state index in [1.165, 1.54) is 69.8 Å². The molecule has 0 heterocycles. The summed E-state index contributed by atoms with van der Waals surface area (Å²) >= 11 is 0. The van der Waals surface area contributed by atoms with Gasteiger partial charge in [0.2, 0.25) is 0 Å². The van der Waals surface area contributed by atoms with Crippen molar-refractivity contribution in [1.82, 2.24) is 5.32 Å². The number of nitrogens with one attached hydrogen (secondary N) is 1. The highest BCUT2D eigenvalue weighted by atomic mass is 16.5. The lowest BCUT2D eigenvalue weighted by Crippen LogP contribution is -2.43. The number of rotatable bonds is 12. The summed E-state index contributed by atoms with van der Waals surface area (Å²) in [5, 5.41) is 2.89. The van der Waals surface area contributed by atoms with E-state index >= 15 is 0 Å². The second-order valence-corrected chi connectivity index (χ2v) is 8.90. The van der Waals surface area contributed by atoms with Crippen molar-refractivity contribution in [1.29, 1.82) is 0 Å². The van der Waals surface area contributed by atoms with Crippen LogP contribution in [0.2, 0.25) is 0 Å². The van der Waals surface area contributed by atoms with Crippen LogP contribution in [-0.4, -0.2) is 24.8 Å². The first kappa shape index (κ1) is 21.3. The summed E-state index contributed by atoms with van der Waals surface area (Å²) in [6.07, 6.45) is 16.0. The van der Waals surface area contributed by atoms with Crippen LogP contribution in [0.3, 0.4) is 0 Å². The van der Waals surface area contributed by atoms with Crippen molar-refractivity contribution in [3.05, 3.63) is 35.4 Å². The third-order valence-corrected chi connectivity index (χ3v) is 6.20. The van der Waals surface area contributed by atoms with Gasteiger partial charge in [-0.15, -0.1) is 0 Å². The molecule has 1 amide bonds. The SMILES string of the molecule is NC1(NC(=O)c2ccc(CCCCCCCOCC3CCCCC3)cc2)CC1. The van der Waals surface area contributed by atoms with Gasteiger partial charge in [-0.05, 0) is 68.6 Å². The molecule has 0 aliphatic heterocycles. The molecule has 2 aliphatic rings. The average Bonchev–Trinajstić information content (AvgIpc) is 3.44. The summed E-state index contributed by atoms with van der Waals surface area (Å²) < 4.78 is 5.87. The summed E-state index contributed by atoms with van der Waals surface area (Å²) in [4.78, 5) is 12.1. The van der Waals surface area contributed by atoms with Crippen molar-refractivity contribution in [3.8, 4) is 0 Å². The summed E-state index contributed by atoms with van der Waals surface area (Å²) in [6, 6.07) is 7.98. The average molecular weight is 387 g/mol. The second kappa shape index (κ2) is 11.0. The van der Waals surface area contributed by atoms with E-state index in [1.807, 2.05) is 12.1 Å². The Balaban J connectivity index is 1.18. The Morgan fingerprint density at radius 3 is 2.39 bits per heavy atom. The molecule has 0 aromatic heterocycles. The van der Waals surface area contributed by atoms with Crippen LogP contribution in [0.1, 0.15) is 93.0 Å². The molecule has 2 aliphatic carbocycles. The van der Waals surface area contributed by atoms with Crippen LogP contribution < -0.4 is 11.1 Å². The second-order valence-electron chi connectivity index (χ2n) is 8.90. The van der Waals surface area contributed by atoms with Gasteiger partial charge in [0, 0.05) is 18.8 Å². The maximum Gasteiger partial charge on any atom is 0.252 e. The van der Waals surface area contributed by atoms with Crippen LogP contribution >= 0.6 is 0 Å². The number of amides is 1. The predicted octanol–water partition coefficient (Wildman–Crippen LogP) is 4.96. The molecule has 3 rings (SSSR count). The maximum atomic E-state index is 12.1. The van der Waals surface area contributed by atoms with E-state index in [9.17, 15) is 4.79 Å². The third-order valence-electron chi connectivity index (χ3n) is 6.20. The molecule has 0 spiro atoms. The zero-order valence-electron chi connectivity index (χ0n) is 17.4. The van der Waals surface area contributed by atoms with E-state index in [1.54, 1.807) is 0 Å². The van der Waals surface area contributed by atoms with E-state index < -0.39 is 5.66 Å². The van der Waals surface area contributed by atoms with Crippen molar-refractivity contribution < 1.29 is 9.53 Å². The number of benzene rings is 1. The topological polar surface area (TPSA) is 64.3 Å². The van der Waals surface area contributed by atoms with Crippen LogP contribution in [0.15, 0.2) is 24.3 Å². The number of carbonyl (C=O) groups is 1. The number of carbonyl (C=O) groups excluding carboxylic acids is 1. The predicted molar refractivity (Wildman–Crippen MR) is 114 cm³/mol. The van der Waals surface area contributed by atoms with E-state index in [0.29, 0.717) is 5.56 Å². The lowest BCUT2D eigenvalue weighted by Gasteiger charge is -2.21. The number of aryl methyl sites for hydroxylation is 1. The molecular weight excluding hydrogens is 348 g/mol. The Labute approximate surface area is 170 Å². The highest BCUT2D eigenvalue weighted by Gasteiger charge is 2.39. The fourth-order valence-corrected chi connectivity index (χ4v) is 4.05. The number of ether oxygens (including phenoxy) is 1. The van der Waals surface area contributed by atoms with E-state index in [4.69, 9.17) is 10.5 Å². The first-order valence-electron chi connectivity index (χ1n) is 11.4. The minimum atomic E-state index is -0.448. The van der Waals surface area contributed by atoms with Gasteiger partial charge < -0.3 is 15.8 Å². The van der Waals surface area contributed by atoms with Crippen LogP contribution in [-0.2, 0) is 11.2 Å². The van der Waals surface area contributed by atoms with Gasteiger partial charge in [0.1, 0.15) is 0 Å². The van der Waals surface area contributed by atoms with Crippen LogP contribution in [0, 0.1) is 5.92 Å². The first-order valence-corrected chi connectivity index (χ1v) is 11.4. The Morgan fingerprint density at radius 2 is 1.68 bits per heavy atom. The van der Waals surface area contributed by atoms with Gasteiger partial charge in [-0.25, -0.2) is 0 Å². The van der Waals surface area contributed by atoms with E-state index in [0.717, 1.165) is 38.4 Å². The molecule has 0 bridgehead atoms. The van der Waals surface area contributed by atoms with Gasteiger partial charge in [0.15, 0.2) is 0 Å². The van der Waals surface area contributed by atoms with Gasteiger partial charge in [-0.1, -0.05) is 50.7 Å². The zero-order valence-corrected chi connectivity index (χ0v) is 17.4. The van der Waals surface area contributed by atoms with Gasteiger partial charge in [0.05, 0.1) is 5.66 Å². The van der Waals surface area contributed by atoms with Gasteiger partial charge in [-0.2, -0.15) is 0 Å². The number of hydrogen-bond donors (Lipinski definition) is 2. The Hall–Kier alpha value is -1.39. The molecule has 2 fully saturated rings. The van der Waals surface area contributed by atoms with Crippen LogP contribution in [0.25, 0.3) is 0 Å². The molecule has 1 aromatic carbocycles. The fourth-order valence-electron chi connectivity index (χ4n) is 4.05. The quantitative estimate of drug-likeness (QED) is 0.394. The van der Waals surface area contributed by atoms with Gasteiger partial charge >= 0.3 is 0 Å². The van der Waals surface area contributed by atoms with Crippen molar-refractivity contribution in [3.63, 3.8) is 0 Å². The number of unbranched alkanes of at least 4 members (excludes halogenated alkanes) is 4. The highest BCUT2D eigenvalue weighted by molar-refractivity contribution is 5.94. The van der Waals surface area contributed by atoms with Gasteiger partial charge in [0.25, 0.3) is 5.91 Å². The zero-order chi connectivity index (χ0) is 19.7. The molecule has 156 valence electrons. The van der Waals surface area contributed by atoms with Crippen LogP contribution in [0.4, 0.5) is 0 Å². The highest BCUT2D eigenvalue weighted by Crippen LogP contribution is 2.29. The van der Waals surface area contributed by atoms with Crippen LogP contribution in [0.5, 0.6) is 0 Å². The Bertz CT molecular complexity index is 589. The largest absolute Gasteiger partial charge is 0.381 e. The molecule has 1 aromatic rings. The molecule has 3 N–H and O–H groups in total. The molecule has 0 saturated heterocycles. The molecule has 4 heteroatoms. The maximum absolute atomic E-state index is 12.1. The molecule has 2 saturated carbocycles. The molecule has 0 radical (unpaired) electrons. The molecule has 0 unspecified atom stereocenters. The minimum absolute atomic E-state index is 0.0581. The fraction of sp³-hybridized carbons (Fsp3) is 0.708.